The predicted molar refractivity (Wildman–Crippen MR) is 113 cm³/mol. The van der Waals surface area contributed by atoms with Gasteiger partial charge in [-0.15, -0.1) is 0 Å². The largest absolute Gasteiger partial charge is 0.453 e. The number of carbonyl (C=O) groups is 2. The average Bonchev–Trinajstić information content (AvgIpc) is 3.09. The monoisotopic (exact) mass is 443 g/mol. The molecule has 1 atom stereocenters. The summed E-state index contributed by atoms with van der Waals surface area (Å²) in [6, 6.07) is 4.82. The zero-order chi connectivity index (χ0) is 23.6. The Labute approximate surface area is 182 Å². The van der Waals surface area contributed by atoms with Crippen LogP contribution < -0.4 is 5.32 Å². The molecule has 0 saturated heterocycles. The highest BCUT2D eigenvalue weighted by molar-refractivity contribution is 5.95. The number of hydrogen-bond donors (Lipinski definition) is 1. The highest BCUT2D eigenvalue weighted by atomic mass is 19.1. The van der Waals surface area contributed by atoms with Crippen LogP contribution in [0.3, 0.4) is 0 Å². The third-order valence-electron chi connectivity index (χ3n) is 4.95. The molecule has 0 spiro atoms. The van der Waals surface area contributed by atoms with E-state index in [4.69, 9.17) is 4.74 Å². The van der Waals surface area contributed by atoms with E-state index >= 15 is 0 Å². The second-order valence-corrected chi connectivity index (χ2v) is 7.36. The summed E-state index contributed by atoms with van der Waals surface area (Å²) in [6.07, 6.45) is -0.769. The fourth-order valence-corrected chi connectivity index (χ4v) is 3.31. The fourth-order valence-electron chi connectivity index (χ4n) is 3.31. The van der Waals surface area contributed by atoms with Gasteiger partial charge in [0.2, 0.25) is 5.82 Å². The molecule has 11 heteroatoms. The molecular weight excluding hydrogens is 421 g/mol. The molecule has 3 rings (SSSR count). The molecule has 168 valence electrons. The Hall–Kier alpha value is -3.89. The van der Waals surface area contributed by atoms with Crippen LogP contribution in [0.15, 0.2) is 24.3 Å². The van der Waals surface area contributed by atoms with Crippen LogP contribution in [0.25, 0.3) is 5.65 Å². The number of benzene rings is 1. The van der Waals surface area contributed by atoms with E-state index in [0.29, 0.717) is 6.42 Å². The maximum Gasteiger partial charge on any atom is 0.306 e. The van der Waals surface area contributed by atoms with Crippen LogP contribution in [0, 0.1) is 36.7 Å². The zero-order valence-corrected chi connectivity index (χ0v) is 18.0. The first kappa shape index (κ1) is 22.8. The third kappa shape index (κ3) is 4.88. The average molecular weight is 443 g/mol. The van der Waals surface area contributed by atoms with Crippen molar-refractivity contribution in [1.29, 1.82) is 0 Å². The summed E-state index contributed by atoms with van der Waals surface area (Å²) in [7, 11) is 0. The first-order valence-electron chi connectivity index (χ1n) is 9.83. The molecule has 1 amide bonds. The normalized spacial score (nSPS) is 11.9. The first-order chi connectivity index (χ1) is 15.1. The lowest BCUT2D eigenvalue weighted by Crippen LogP contribution is -2.30. The van der Waals surface area contributed by atoms with Crippen molar-refractivity contribution in [1.82, 2.24) is 14.6 Å². The number of nitro benzene ring substituents is 1. The Morgan fingerprint density at radius 1 is 1.28 bits per heavy atom. The van der Waals surface area contributed by atoms with E-state index in [0.717, 1.165) is 40.4 Å². The van der Waals surface area contributed by atoms with Crippen LogP contribution in [0.4, 0.5) is 15.8 Å². The van der Waals surface area contributed by atoms with Gasteiger partial charge in [0, 0.05) is 35.6 Å². The highest BCUT2D eigenvalue weighted by Gasteiger charge is 2.21. The second kappa shape index (κ2) is 9.08. The van der Waals surface area contributed by atoms with Crippen LogP contribution in [-0.2, 0) is 20.7 Å². The number of aromatic nitrogens is 3. The maximum atomic E-state index is 13.4. The molecule has 0 bridgehead atoms. The van der Waals surface area contributed by atoms with E-state index in [-0.39, 0.29) is 12.1 Å². The summed E-state index contributed by atoms with van der Waals surface area (Å²) in [5.41, 5.74) is 3.34. The van der Waals surface area contributed by atoms with Crippen LogP contribution in [0.1, 0.15) is 36.0 Å². The van der Waals surface area contributed by atoms with Gasteiger partial charge in [0.25, 0.3) is 5.91 Å². The lowest BCUT2D eigenvalue weighted by Gasteiger charge is -2.14. The molecule has 0 aliphatic rings. The summed E-state index contributed by atoms with van der Waals surface area (Å²) in [6.45, 7) is 7.00. The van der Waals surface area contributed by atoms with Crippen molar-refractivity contribution >= 4 is 28.9 Å². The molecule has 1 N–H and O–H groups in total. The Morgan fingerprint density at radius 3 is 2.69 bits per heavy atom. The Kier molecular flexibility index (Phi) is 6.47. The summed E-state index contributed by atoms with van der Waals surface area (Å²) in [4.78, 5) is 39.0. The van der Waals surface area contributed by atoms with Crippen LogP contribution in [0.5, 0.6) is 0 Å². The predicted octanol–water partition coefficient (Wildman–Crippen LogP) is 3.20. The summed E-state index contributed by atoms with van der Waals surface area (Å²) >= 11 is 0. The van der Waals surface area contributed by atoms with E-state index < -0.39 is 34.4 Å². The fraction of sp³-hybridized carbons (Fsp3) is 0.333. The van der Waals surface area contributed by atoms with Crippen molar-refractivity contribution in [3.63, 3.8) is 0 Å². The molecule has 3 aromatic rings. The lowest BCUT2D eigenvalue weighted by atomic mass is 10.1. The minimum absolute atomic E-state index is 0.0196. The Bertz CT molecular complexity index is 1220. The number of carbonyl (C=O) groups excluding carboxylic acids is 2. The molecule has 0 fully saturated rings. The van der Waals surface area contributed by atoms with E-state index in [1.54, 1.807) is 4.52 Å². The number of amides is 1. The quantitative estimate of drug-likeness (QED) is 0.337. The number of hydrogen-bond acceptors (Lipinski definition) is 7. The van der Waals surface area contributed by atoms with Gasteiger partial charge in [-0.1, -0.05) is 0 Å². The summed E-state index contributed by atoms with van der Waals surface area (Å²) < 4.78 is 20.3. The van der Waals surface area contributed by atoms with Crippen molar-refractivity contribution in [2.24, 2.45) is 0 Å². The number of ether oxygens (including phenoxy) is 1. The SMILES string of the molecule is Cc1cc2nc(C)c(CCC(=O)OC(C)C(=O)Nc3ccc(F)c([N+](=O)[O-])c3)c(C)n2n1. The van der Waals surface area contributed by atoms with E-state index in [9.17, 15) is 24.1 Å². The number of aryl methyl sites for hydroxylation is 3. The summed E-state index contributed by atoms with van der Waals surface area (Å²) in [5, 5.41) is 17.6. The second-order valence-electron chi connectivity index (χ2n) is 7.36. The van der Waals surface area contributed by atoms with Crippen LogP contribution >= 0.6 is 0 Å². The zero-order valence-electron chi connectivity index (χ0n) is 18.0. The van der Waals surface area contributed by atoms with Gasteiger partial charge in [0.15, 0.2) is 11.8 Å². The lowest BCUT2D eigenvalue weighted by molar-refractivity contribution is -0.387. The van der Waals surface area contributed by atoms with E-state index in [2.05, 4.69) is 15.4 Å². The third-order valence-corrected chi connectivity index (χ3v) is 4.95. The maximum absolute atomic E-state index is 13.4. The smallest absolute Gasteiger partial charge is 0.306 e. The van der Waals surface area contributed by atoms with Gasteiger partial charge in [-0.3, -0.25) is 19.7 Å². The van der Waals surface area contributed by atoms with Gasteiger partial charge in [0.1, 0.15) is 0 Å². The topological polar surface area (TPSA) is 129 Å². The number of esters is 1. The molecule has 0 saturated carbocycles. The van der Waals surface area contributed by atoms with Gasteiger partial charge in [0.05, 0.1) is 10.6 Å². The van der Waals surface area contributed by atoms with Crippen LogP contribution in [0.2, 0.25) is 0 Å². The number of fused-ring (bicyclic) bond motifs is 1. The van der Waals surface area contributed by atoms with Crippen molar-refractivity contribution in [2.75, 3.05) is 5.32 Å². The molecule has 1 aromatic carbocycles. The van der Waals surface area contributed by atoms with Gasteiger partial charge in [-0.05, 0) is 51.8 Å². The number of rotatable bonds is 7. The molecule has 0 aliphatic carbocycles. The molecular formula is C21H22FN5O5. The van der Waals surface area contributed by atoms with Crippen molar-refractivity contribution in [3.8, 4) is 0 Å². The standard InChI is InChI=1S/C21H22FN5O5/c1-11-9-19-23-12(2)16(13(3)26(19)25-11)6-8-20(28)32-14(4)21(29)24-15-5-7-17(22)18(10-15)27(30)31/h5,7,9-10,14H,6,8H2,1-4H3,(H,24,29). The number of halogens is 1. The van der Waals surface area contributed by atoms with Crippen molar-refractivity contribution in [3.05, 3.63) is 62.8 Å². The minimum atomic E-state index is -1.15. The van der Waals surface area contributed by atoms with Gasteiger partial charge >= 0.3 is 11.7 Å². The molecule has 0 aliphatic heterocycles. The molecule has 2 heterocycles. The van der Waals surface area contributed by atoms with Gasteiger partial charge in [-0.2, -0.15) is 9.49 Å². The van der Waals surface area contributed by atoms with E-state index in [1.807, 2.05) is 26.8 Å². The van der Waals surface area contributed by atoms with Crippen molar-refractivity contribution in [2.45, 2.75) is 46.6 Å². The highest BCUT2D eigenvalue weighted by Crippen LogP contribution is 2.22. The van der Waals surface area contributed by atoms with Crippen LogP contribution in [-0.4, -0.2) is 37.5 Å². The molecule has 1 unspecified atom stereocenters. The first-order valence-corrected chi connectivity index (χ1v) is 9.83. The number of nitrogens with zero attached hydrogens (tertiary/aromatic N) is 4. The summed E-state index contributed by atoms with van der Waals surface area (Å²) in [5.74, 6) is -2.30. The van der Waals surface area contributed by atoms with Crippen molar-refractivity contribution < 1.29 is 23.6 Å². The Morgan fingerprint density at radius 2 is 2.00 bits per heavy atom. The molecule has 10 nitrogen and oxygen atoms in total. The molecule has 0 radical (unpaired) electrons. The number of nitro groups is 1. The Balaban J connectivity index is 1.60. The minimum Gasteiger partial charge on any atom is -0.453 e. The van der Waals surface area contributed by atoms with Gasteiger partial charge < -0.3 is 10.1 Å². The van der Waals surface area contributed by atoms with E-state index in [1.165, 1.54) is 13.0 Å². The molecule has 32 heavy (non-hydrogen) atoms. The molecule has 2 aromatic heterocycles. The number of anilines is 1. The van der Waals surface area contributed by atoms with Gasteiger partial charge in [-0.25, -0.2) is 9.50 Å². The number of nitrogens with one attached hydrogen (secondary N) is 1.